The number of nitrogens with zero attached hydrogens (tertiary/aromatic N) is 2. The predicted molar refractivity (Wildman–Crippen MR) is 100 cm³/mol. The maximum Gasteiger partial charge on any atom is 0.337 e. The van der Waals surface area contributed by atoms with Crippen molar-refractivity contribution in [2.45, 2.75) is 12.1 Å². The van der Waals surface area contributed by atoms with Crippen LogP contribution < -0.4 is 5.56 Å². The Morgan fingerprint density at radius 2 is 1.88 bits per heavy atom. The quantitative estimate of drug-likeness (QED) is 0.391. The van der Waals surface area contributed by atoms with Crippen LogP contribution in [0.1, 0.15) is 17.3 Å². The molecule has 0 radical (unpaired) electrons. The average molecular weight is 368 g/mol. The third kappa shape index (κ3) is 3.52. The molecular formula is C19H16N2O4S. The number of fused-ring (bicyclic) bond motifs is 1. The number of hydrogen-bond donors (Lipinski definition) is 0. The zero-order valence-electron chi connectivity index (χ0n) is 14.3. The molecule has 0 bridgehead atoms. The van der Waals surface area contributed by atoms with E-state index in [0.717, 1.165) is 0 Å². The first-order valence-corrected chi connectivity index (χ1v) is 8.82. The highest BCUT2D eigenvalue weighted by atomic mass is 32.2. The van der Waals surface area contributed by atoms with E-state index in [-0.39, 0.29) is 17.1 Å². The summed E-state index contributed by atoms with van der Waals surface area (Å²) in [5.74, 6) is -0.326. The van der Waals surface area contributed by atoms with Crippen LogP contribution in [0, 0.1) is 0 Å². The van der Waals surface area contributed by atoms with Crippen LogP contribution in [0.25, 0.3) is 16.6 Å². The van der Waals surface area contributed by atoms with Gasteiger partial charge in [-0.2, -0.15) is 0 Å². The van der Waals surface area contributed by atoms with Crippen LogP contribution in [0.15, 0.2) is 58.5 Å². The first-order chi connectivity index (χ1) is 12.5. The Kier molecular flexibility index (Phi) is 5.18. The first-order valence-electron chi connectivity index (χ1n) is 7.84. The van der Waals surface area contributed by atoms with Gasteiger partial charge in [0.05, 0.1) is 35.0 Å². The van der Waals surface area contributed by atoms with Crippen LogP contribution in [0.2, 0.25) is 0 Å². The molecule has 0 atom stereocenters. The highest BCUT2D eigenvalue weighted by molar-refractivity contribution is 7.99. The van der Waals surface area contributed by atoms with Crippen molar-refractivity contribution in [2.75, 3.05) is 12.9 Å². The molecule has 6 nitrogen and oxygen atoms in total. The number of aromatic nitrogens is 2. The molecule has 1 aromatic heterocycles. The molecule has 0 fully saturated rings. The zero-order valence-corrected chi connectivity index (χ0v) is 15.1. The van der Waals surface area contributed by atoms with E-state index in [1.54, 1.807) is 18.2 Å². The molecule has 3 aromatic rings. The van der Waals surface area contributed by atoms with Gasteiger partial charge >= 0.3 is 5.97 Å². The van der Waals surface area contributed by atoms with Crippen molar-refractivity contribution in [3.8, 4) is 5.69 Å². The van der Waals surface area contributed by atoms with Crippen LogP contribution in [0.4, 0.5) is 0 Å². The molecule has 0 aliphatic rings. The van der Waals surface area contributed by atoms with E-state index in [2.05, 4.69) is 4.98 Å². The predicted octanol–water partition coefficient (Wildman–Crippen LogP) is 2.85. The number of benzene rings is 2. The third-order valence-electron chi connectivity index (χ3n) is 3.68. The summed E-state index contributed by atoms with van der Waals surface area (Å²) in [5, 5.41) is 0.777. The van der Waals surface area contributed by atoms with Gasteiger partial charge in [-0.3, -0.25) is 14.2 Å². The number of carbonyl (C=O) groups is 2. The molecular weight excluding hydrogens is 352 g/mol. The minimum Gasteiger partial charge on any atom is -0.465 e. The summed E-state index contributed by atoms with van der Waals surface area (Å²) < 4.78 is 6.20. The maximum atomic E-state index is 13.1. The Morgan fingerprint density at radius 3 is 2.54 bits per heavy atom. The zero-order chi connectivity index (χ0) is 18.7. The molecule has 0 saturated heterocycles. The summed E-state index contributed by atoms with van der Waals surface area (Å²) in [6, 6.07) is 13.7. The summed E-state index contributed by atoms with van der Waals surface area (Å²) in [6.07, 6.45) is 0. The number of carbonyl (C=O) groups excluding carboxylic acids is 2. The SMILES string of the molecule is COC(=O)c1ccc2c(=O)n(-c3ccccc3)c(SCC(C)=O)nc2c1. The van der Waals surface area contributed by atoms with Gasteiger partial charge in [-0.1, -0.05) is 30.0 Å². The molecule has 2 aromatic carbocycles. The van der Waals surface area contributed by atoms with Crippen molar-refractivity contribution >= 4 is 34.4 Å². The van der Waals surface area contributed by atoms with Gasteiger partial charge in [-0.05, 0) is 37.3 Å². The third-order valence-corrected chi connectivity index (χ3v) is 4.76. The molecule has 7 heteroatoms. The van der Waals surface area contributed by atoms with E-state index in [9.17, 15) is 14.4 Å². The van der Waals surface area contributed by atoms with Crippen LogP contribution in [-0.2, 0) is 9.53 Å². The number of para-hydroxylation sites is 1. The molecule has 0 aliphatic carbocycles. The van der Waals surface area contributed by atoms with E-state index in [4.69, 9.17) is 4.74 Å². The fourth-order valence-corrected chi connectivity index (χ4v) is 3.29. The second kappa shape index (κ2) is 7.53. The number of hydrogen-bond acceptors (Lipinski definition) is 6. The topological polar surface area (TPSA) is 78.3 Å². The standard InChI is InChI=1S/C19H16N2O4S/c1-12(22)11-26-19-20-16-10-13(18(24)25-2)8-9-15(16)17(23)21(19)14-6-4-3-5-7-14/h3-10H,11H2,1-2H3. The van der Waals surface area contributed by atoms with Gasteiger partial charge in [0.25, 0.3) is 5.56 Å². The number of thioether (sulfide) groups is 1. The highest BCUT2D eigenvalue weighted by Crippen LogP contribution is 2.22. The summed E-state index contributed by atoms with van der Waals surface area (Å²) in [4.78, 5) is 40.7. The Balaban J connectivity index is 2.25. The molecule has 0 amide bonds. The second-order valence-electron chi connectivity index (χ2n) is 5.58. The normalized spacial score (nSPS) is 10.7. The first kappa shape index (κ1) is 17.9. The number of methoxy groups -OCH3 is 1. The monoisotopic (exact) mass is 368 g/mol. The Labute approximate surface area is 153 Å². The van der Waals surface area contributed by atoms with Crippen LogP contribution in [-0.4, -0.2) is 34.2 Å². The van der Waals surface area contributed by atoms with E-state index in [1.165, 1.54) is 42.5 Å². The molecule has 3 rings (SSSR count). The minimum atomic E-state index is -0.501. The molecule has 0 spiro atoms. The van der Waals surface area contributed by atoms with Gasteiger partial charge < -0.3 is 4.74 Å². The molecule has 0 saturated carbocycles. The van der Waals surface area contributed by atoms with E-state index < -0.39 is 5.97 Å². The average Bonchev–Trinajstić information content (AvgIpc) is 2.66. The summed E-state index contributed by atoms with van der Waals surface area (Å²) in [6.45, 7) is 1.48. The fraction of sp³-hybridized carbons (Fsp3) is 0.158. The van der Waals surface area contributed by atoms with Crippen LogP contribution in [0.5, 0.6) is 0 Å². The van der Waals surface area contributed by atoms with Crippen molar-refractivity contribution in [3.05, 3.63) is 64.4 Å². The second-order valence-corrected chi connectivity index (χ2v) is 6.53. The fourth-order valence-electron chi connectivity index (χ4n) is 2.48. The van der Waals surface area contributed by atoms with Crippen LogP contribution >= 0.6 is 11.8 Å². The number of ether oxygens (including phenoxy) is 1. The lowest BCUT2D eigenvalue weighted by atomic mass is 10.1. The molecule has 26 heavy (non-hydrogen) atoms. The molecule has 0 unspecified atom stereocenters. The Bertz CT molecular complexity index is 1040. The van der Waals surface area contributed by atoms with Gasteiger partial charge in [0.1, 0.15) is 5.78 Å². The summed E-state index contributed by atoms with van der Waals surface area (Å²) >= 11 is 1.19. The van der Waals surface area contributed by atoms with Crippen molar-refractivity contribution in [1.29, 1.82) is 0 Å². The number of rotatable bonds is 5. The van der Waals surface area contributed by atoms with Crippen LogP contribution in [0.3, 0.4) is 0 Å². The van der Waals surface area contributed by atoms with Gasteiger partial charge in [0, 0.05) is 0 Å². The highest BCUT2D eigenvalue weighted by Gasteiger charge is 2.16. The van der Waals surface area contributed by atoms with Gasteiger partial charge in [-0.25, -0.2) is 9.78 Å². The van der Waals surface area contributed by atoms with E-state index in [0.29, 0.717) is 27.3 Å². The molecule has 0 aliphatic heterocycles. The van der Waals surface area contributed by atoms with Crippen molar-refractivity contribution < 1.29 is 14.3 Å². The number of Topliss-reactive ketones (excluding diaryl/α,β-unsaturated/α-hetero) is 1. The molecule has 132 valence electrons. The minimum absolute atomic E-state index is 0.0210. The Morgan fingerprint density at radius 1 is 1.15 bits per heavy atom. The van der Waals surface area contributed by atoms with Crippen molar-refractivity contribution in [2.24, 2.45) is 0 Å². The molecule has 0 N–H and O–H groups in total. The molecule has 1 heterocycles. The lowest BCUT2D eigenvalue weighted by molar-refractivity contribution is -0.114. The smallest absolute Gasteiger partial charge is 0.337 e. The van der Waals surface area contributed by atoms with Gasteiger partial charge in [0.2, 0.25) is 0 Å². The number of esters is 1. The van der Waals surface area contributed by atoms with Gasteiger partial charge in [0.15, 0.2) is 5.16 Å². The summed E-state index contributed by atoms with van der Waals surface area (Å²) in [7, 11) is 1.29. The van der Waals surface area contributed by atoms with E-state index in [1.807, 2.05) is 18.2 Å². The lowest BCUT2D eigenvalue weighted by Crippen LogP contribution is -2.22. The van der Waals surface area contributed by atoms with Crippen molar-refractivity contribution in [1.82, 2.24) is 9.55 Å². The largest absolute Gasteiger partial charge is 0.465 e. The summed E-state index contributed by atoms with van der Waals surface area (Å²) in [5.41, 5.74) is 1.10. The maximum absolute atomic E-state index is 13.1. The lowest BCUT2D eigenvalue weighted by Gasteiger charge is -2.13. The Hall–Kier alpha value is -2.93. The van der Waals surface area contributed by atoms with Crippen molar-refractivity contribution in [3.63, 3.8) is 0 Å². The van der Waals surface area contributed by atoms with E-state index >= 15 is 0 Å². The van der Waals surface area contributed by atoms with Gasteiger partial charge in [-0.15, -0.1) is 0 Å². The number of ketones is 1.